The second-order valence-electron chi connectivity index (χ2n) is 5.22. The number of nitrogens with one attached hydrogen (secondary N) is 1. The Balaban J connectivity index is 1.72. The lowest BCUT2D eigenvalue weighted by molar-refractivity contribution is -0.139. The maximum absolute atomic E-state index is 12.3. The lowest BCUT2D eigenvalue weighted by atomic mass is 9.98. The molecule has 1 aliphatic carbocycles. The molecule has 3 rings (SSSR count). The van der Waals surface area contributed by atoms with Crippen LogP contribution in [0.4, 0.5) is 0 Å². The number of hydrogen-bond acceptors (Lipinski definition) is 3. The van der Waals surface area contributed by atoms with Crippen molar-refractivity contribution < 1.29 is 9.53 Å². The van der Waals surface area contributed by atoms with Crippen LogP contribution in [0.2, 0.25) is 0 Å². The molecule has 1 amide bonds. The Morgan fingerprint density at radius 3 is 2.94 bits per heavy atom. The molecule has 2 heterocycles. The van der Waals surface area contributed by atoms with Crippen molar-refractivity contribution in [2.75, 3.05) is 32.8 Å². The van der Waals surface area contributed by atoms with E-state index in [0.29, 0.717) is 17.9 Å². The fourth-order valence-electron chi connectivity index (χ4n) is 3.16. The second-order valence-corrected chi connectivity index (χ2v) is 5.22. The molecule has 90 valence electrons. The largest absolute Gasteiger partial charge is 0.379 e. The van der Waals surface area contributed by atoms with Gasteiger partial charge in [-0.05, 0) is 12.8 Å². The van der Waals surface area contributed by atoms with Crippen LogP contribution in [0.5, 0.6) is 0 Å². The lowest BCUT2D eigenvalue weighted by Gasteiger charge is -2.36. The minimum absolute atomic E-state index is 0.236. The van der Waals surface area contributed by atoms with Crippen LogP contribution >= 0.6 is 0 Å². The highest BCUT2D eigenvalue weighted by Crippen LogP contribution is 2.32. The average molecular weight is 224 g/mol. The molecule has 0 aromatic heterocycles. The van der Waals surface area contributed by atoms with Crippen molar-refractivity contribution in [1.82, 2.24) is 10.2 Å². The number of nitrogens with zero attached hydrogens (tertiary/aromatic N) is 1. The first-order valence-corrected chi connectivity index (χ1v) is 6.45. The summed E-state index contributed by atoms with van der Waals surface area (Å²) >= 11 is 0. The third kappa shape index (κ3) is 1.74. The number of hydrogen-bond donors (Lipinski definition) is 1. The van der Waals surface area contributed by atoms with E-state index in [1.807, 2.05) is 0 Å². The highest BCUT2D eigenvalue weighted by atomic mass is 16.5. The van der Waals surface area contributed by atoms with Crippen molar-refractivity contribution in [2.45, 2.75) is 25.3 Å². The molecule has 0 unspecified atom stereocenters. The summed E-state index contributed by atoms with van der Waals surface area (Å²) in [5, 5.41) is 3.18. The highest BCUT2D eigenvalue weighted by molar-refractivity contribution is 5.80. The van der Waals surface area contributed by atoms with Gasteiger partial charge in [0.15, 0.2) is 0 Å². The first kappa shape index (κ1) is 10.5. The molecule has 0 spiro atoms. The van der Waals surface area contributed by atoms with Gasteiger partial charge in [0.25, 0.3) is 0 Å². The first-order valence-electron chi connectivity index (χ1n) is 6.45. The van der Waals surface area contributed by atoms with Gasteiger partial charge >= 0.3 is 0 Å². The van der Waals surface area contributed by atoms with Crippen LogP contribution in [-0.2, 0) is 9.53 Å². The summed E-state index contributed by atoms with van der Waals surface area (Å²) < 4.78 is 5.61. The molecule has 2 atom stereocenters. The van der Waals surface area contributed by atoms with Crippen molar-refractivity contribution in [3.63, 3.8) is 0 Å². The van der Waals surface area contributed by atoms with E-state index < -0.39 is 0 Å². The summed E-state index contributed by atoms with van der Waals surface area (Å²) in [4.78, 5) is 14.4. The predicted molar refractivity (Wildman–Crippen MR) is 60.0 cm³/mol. The summed E-state index contributed by atoms with van der Waals surface area (Å²) in [5.41, 5.74) is 0. The second kappa shape index (κ2) is 4.34. The molecule has 2 saturated heterocycles. The van der Waals surface area contributed by atoms with Crippen LogP contribution in [0.1, 0.15) is 19.3 Å². The normalized spacial score (nSPS) is 35.4. The topological polar surface area (TPSA) is 41.6 Å². The van der Waals surface area contributed by atoms with Gasteiger partial charge < -0.3 is 15.0 Å². The number of carbonyl (C=O) groups is 1. The Bertz CT molecular complexity index is 278. The Morgan fingerprint density at radius 2 is 2.19 bits per heavy atom. The van der Waals surface area contributed by atoms with Gasteiger partial charge in [0, 0.05) is 31.6 Å². The molecular formula is C12H20N2O2. The summed E-state index contributed by atoms with van der Waals surface area (Å²) in [6.45, 7) is 4.12. The van der Waals surface area contributed by atoms with Crippen molar-refractivity contribution >= 4 is 5.91 Å². The van der Waals surface area contributed by atoms with E-state index >= 15 is 0 Å². The summed E-state index contributed by atoms with van der Waals surface area (Å²) in [6, 6.07) is 0.468. The smallest absolute Gasteiger partial charge is 0.228 e. The molecule has 0 aromatic rings. The van der Waals surface area contributed by atoms with Crippen LogP contribution in [-0.4, -0.2) is 49.7 Å². The SMILES string of the molecule is O=C(C1CNC1)N1CCOC[C@@H]2CCC[C@@H]21. The maximum atomic E-state index is 12.3. The van der Waals surface area contributed by atoms with Crippen LogP contribution in [0.25, 0.3) is 0 Å². The Labute approximate surface area is 96.3 Å². The lowest BCUT2D eigenvalue weighted by Crippen LogP contribution is -2.55. The molecule has 0 aromatic carbocycles. The molecule has 16 heavy (non-hydrogen) atoms. The zero-order valence-electron chi connectivity index (χ0n) is 9.65. The molecule has 4 heteroatoms. The van der Waals surface area contributed by atoms with Gasteiger partial charge in [0.2, 0.25) is 5.91 Å². The number of fused-ring (bicyclic) bond motifs is 1. The van der Waals surface area contributed by atoms with E-state index in [1.165, 1.54) is 19.3 Å². The van der Waals surface area contributed by atoms with Crippen molar-refractivity contribution in [2.24, 2.45) is 11.8 Å². The quantitative estimate of drug-likeness (QED) is 0.693. The average Bonchev–Trinajstić information content (AvgIpc) is 2.55. The molecule has 0 bridgehead atoms. The molecular weight excluding hydrogens is 204 g/mol. The summed E-state index contributed by atoms with van der Waals surface area (Å²) in [5.74, 6) is 1.19. The van der Waals surface area contributed by atoms with E-state index in [0.717, 1.165) is 32.8 Å². The zero-order chi connectivity index (χ0) is 11.0. The predicted octanol–water partition coefficient (Wildman–Crippen LogP) is 0.233. The van der Waals surface area contributed by atoms with Gasteiger partial charge in [-0.1, -0.05) is 6.42 Å². The van der Waals surface area contributed by atoms with E-state index in [1.54, 1.807) is 0 Å². The Kier molecular flexibility index (Phi) is 2.86. The fourth-order valence-corrected chi connectivity index (χ4v) is 3.16. The number of rotatable bonds is 1. The van der Waals surface area contributed by atoms with Crippen molar-refractivity contribution in [1.29, 1.82) is 0 Å². The van der Waals surface area contributed by atoms with Gasteiger partial charge in [-0.15, -0.1) is 0 Å². The van der Waals surface area contributed by atoms with Gasteiger partial charge in [0.05, 0.1) is 19.1 Å². The number of ether oxygens (including phenoxy) is 1. The Hall–Kier alpha value is -0.610. The fraction of sp³-hybridized carbons (Fsp3) is 0.917. The maximum Gasteiger partial charge on any atom is 0.228 e. The molecule has 1 saturated carbocycles. The van der Waals surface area contributed by atoms with Crippen LogP contribution in [0.15, 0.2) is 0 Å². The minimum Gasteiger partial charge on any atom is -0.379 e. The van der Waals surface area contributed by atoms with Gasteiger partial charge in [-0.25, -0.2) is 0 Å². The van der Waals surface area contributed by atoms with Gasteiger partial charge in [-0.3, -0.25) is 4.79 Å². The number of amides is 1. The number of carbonyl (C=O) groups excluding carboxylic acids is 1. The molecule has 4 nitrogen and oxygen atoms in total. The molecule has 3 aliphatic rings. The Morgan fingerprint density at radius 1 is 1.31 bits per heavy atom. The monoisotopic (exact) mass is 224 g/mol. The van der Waals surface area contributed by atoms with E-state index in [2.05, 4.69) is 10.2 Å². The van der Waals surface area contributed by atoms with E-state index in [9.17, 15) is 4.79 Å². The van der Waals surface area contributed by atoms with Crippen LogP contribution in [0.3, 0.4) is 0 Å². The van der Waals surface area contributed by atoms with Crippen molar-refractivity contribution in [3.05, 3.63) is 0 Å². The first-order chi connectivity index (χ1) is 7.86. The molecule has 3 fully saturated rings. The highest BCUT2D eigenvalue weighted by Gasteiger charge is 2.39. The van der Waals surface area contributed by atoms with Crippen LogP contribution in [0, 0.1) is 11.8 Å². The summed E-state index contributed by atoms with van der Waals surface area (Å²) in [7, 11) is 0. The molecule has 2 aliphatic heterocycles. The third-order valence-corrected chi connectivity index (χ3v) is 4.24. The minimum atomic E-state index is 0.236. The molecule has 0 radical (unpaired) electrons. The standard InChI is InChI=1S/C12H20N2O2/c15-12(10-6-13-7-10)14-4-5-16-8-9-2-1-3-11(9)14/h9-11,13H,1-8H2/t9-,11-/m0/s1. The van der Waals surface area contributed by atoms with E-state index in [-0.39, 0.29) is 5.92 Å². The van der Waals surface area contributed by atoms with Crippen molar-refractivity contribution in [3.8, 4) is 0 Å². The summed E-state index contributed by atoms with van der Waals surface area (Å²) in [6.07, 6.45) is 3.67. The van der Waals surface area contributed by atoms with E-state index in [4.69, 9.17) is 4.74 Å². The van der Waals surface area contributed by atoms with Gasteiger partial charge in [-0.2, -0.15) is 0 Å². The van der Waals surface area contributed by atoms with Crippen LogP contribution < -0.4 is 5.32 Å². The van der Waals surface area contributed by atoms with Gasteiger partial charge in [0.1, 0.15) is 0 Å². The molecule has 1 N–H and O–H groups in total. The third-order valence-electron chi connectivity index (χ3n) is 4.24. The zero-order valence-corrected chi connectivity index (χ0v) is 9.65.